The number of rotatable bonds is 4. The lowest BCUT2D eigenvalue weighted by atomic mass is 10.1. The van der Waals surface area contributed by atoms with Gasteiger partial charge in [-0.25, -0.2) is 0 Å². The maximum Gasteiger partial charge on any atom is 0.269 e. The van der Waals surface area contributed by atoms with Gasteiger partial charge in [-0.05, 0) is 48.7 Å². The van der Waals surface area contributed by atoms with E-state index in [4.69, 9.17) is 0 Å². The van der Waals surface area contributed by atoms with Crippen molar-refractivity contribution in [3.05, 3.63) is 105 Å². The van der Waals surface area contributed by atoms with Crippen molar-refractivity contribution in [3.63, 3.8) is 0 Å². The van der Waals surface area contributed by atoms with Gasteiger partial charge in [0.15, 0.2) is 0 Å². The topological polar surface area (TPSA) is 45.8 Å². The number of hydrogen-bond donors (Lipinski definition) is 0. The van der Waals surface area contributed by atoms with Crippen molar-refractivity contribution in [3.8, 4) is 27.1 Å². The van der Waals surface area contributed by atoms with Crippen LogP contribution in [0.1, 0.15) is 22.3 Å². The van der Waals surface area contributed by atoms with Gasteiger partial charge < -0.3 is 4.57 Å². The normalized spacial score (nSPS) is 10.7. The Bertz CT molecular complexity index is 1260. The van der Waals surface area contributed by atoms with E-state index in [1.807, 2.05) is 62.4 Å². The van der Waals surface area contributed by atoms with E-state index in [0.717, 1.165) is 26.6 Å². The van der Waals surface area contributed by atoms with E-state index in [1.54, 1.807) is 15.9 Å². The van der Waals surface area contributed by atoms with Gasteiger partial charge in [0.25, 0.3) is 5.56 Å². The van der Waals surface area contributed by atoms with Crippen LogP contribution in [-0.4, -0.2) is 4.57 Å². The molecule has 2 aromatic heterocycles. The Balaban J connectivity index is 1.85. The van der Waals surface area contributed by atoms with Crippen LogP contribution < -0.4 is 5.56 Å². The smallest absolute Gasteiger partial charge is 0.269 e. The molecule has 0 bridgehead atoms. The van der Waals surface area contributed by atoms with Gasteiger partial charge in [0.05, 0.1) is 17.1 Å². The zero-order chi connectivity index (χ0) is 20.4. The molecule has 4 rings (SSSR count). The molecule has 0 unspecified atom stereocenters. The molecule has 142 valence electrons. The molecule has 0 spiro atoms. The van der Waals surface area contributed by atoms with Crippen molar-refractivity contribution < 1.29 is 0 Å². The Morgan fingerprint density at radius 3 is 2.31 bits per heavy atom. The maximum atomic E-state index is 13.1. The first-order valence-corrected chi connectivity index (χ1v) is 10.2. The summed E-state index contributed by atoms with van der Waals surface area (Å²) in [7, 11) is 0. The second kappa shape index (κ2) is 7.90. The van der Waals surface area contributed by atoms with E-state index in [-0.39, 0.29) is 11.1 Å². The zero-order valence-corrected chi connectivity index (χ0v) is 17.2. The van der Waals surface area contributed by atoms with Gasteiger partial charge in [-0.2, -0.15) is 5.26 Å². The molecular formula is C25H20N2OS. The summed E-state index contributed by atoms with van der Waals surface area (Å²) in [6.07, 6.45) is 0. The van der Waals surface area contributed by atoms with Crippen molar-refractivity contribution in [1.29, 1.82) is 5.26 Å². The first kappa shape index (κ1) is 18.9. The minimum atomic E-state index is -0.238. The average Bonchev–Trinajstić information content (AvgIpc) is 3.22. The molecule has 0 saturated heterocycles. The Morgan fingerprint density at radius 1 is 0.931 bits per heavy atom. The molecule has 0 radical (unpaired) electrons. The van der Waals surface area contributed by atoms with Crippen LogP contribution in [0.4, 0.5) is 0 Å². The number of nitriles is 1. The van der Waals surface area contributed by atoms with E-state index in [2.05, 4.69) is 30.3 Å². The van der Waals surface area contributed by atoms with Gasteiger partial charge in [0.1, 0.15) is 11.6 Å². The summed E-state index contributed by atoms with van der Waals surface area (Å²) in [5.41, 5.74) is 4.89. The van der Waals surface area contributed by atoms with Gasteiger partial charge in [0.2, 0.25) is 0 Å². The first-order chi connectivity index (χ1) is 14.1. The fourth-order valence-electron chi connectivity index (χ4n) is 3.37. The van der Waals surface area contributed by atoms with Gasteiger partial charge in [-0.3, -0.25) is 4.79 Å². The summed E-state index contributed by atoms with van der Waals surface area (Å²) in [5.74, 6) is 0. The van der Waals surface area contributed by atoms with Gasteiger partial charge in [-0.15, -0.1) is 11.3 Å². The summed E-state index contributed by atoms with van der Waals surface area (Å²) < 4.78 is 1.72. The Morgan fingerprint density at radius 2 is 1.62 bits per heavy atom. The number of aryl methyl sites for hydroxylation is 2. The van der Waals surface area contributed by atoms with Crippen LogP contribution in [0.25, 0.3) is 21.0 Å². The number of thiophene rings is 1. The van der Waals surface area contributed by atoms with Gasteiger partial charge in [-0.1, -0.05) is 60.2 Å². The van der Waals surface area contributed by atoms with Crippen molar-refractivity contribution in [2.45, 2.75) is 20.4 Å². The molecule has 0 atom stereocenters. The number of pyridine rings is 1. The van der Waals surface area contributed by atoms with Crippen LogP contribution in [0.2, 0.25) is 0 Å². The summed E-state index contributed by atoms with van der Waals surface area (Å²) >= 11 is 1.65. The monoisotopic (exact) mass is 396 g/mol. The highest BCUT2D eigenvalue weighted by molar-refractivity contribution is 7.18. The molecule has 3 nitrogen and oxygen atoms in total. The van der Waals surface area contributed by atoms with Crippen LogP contribution in [0.3, 0.4) is 0 Å². The van der Waals surface area contributed by atoms with E-state index >= 15 is 0 Å². The van der Waals surface area contributed by atoms with Crippen LogP contribution in [0, 0.1) is 25.2 Å². The van der Waals surface area contributed by atoms with Crippen LogP contribution in [0.5, 0.6) is 0 Å². The fourth-order valence-corrected chi connectivity index (χ4v) is 4.41. The summed E-state index contributed by atoms with van der Waals surface area (Å²) in [6, 6.07) is 26.5. The standard InChI is InChI=1S/C25H20N2OS/c1-17-8-10-19(11-9-17)16-27-22(14-18(2)21(15-26)25(27)28)24-13-12-23(29-24)20-6-4-3-5-7-20/h3-14H,16H2,1-2H3. The lowest BCUT2D eigenvalue weighted by Crippen LogP contribution is -2.25. The number of aromatic nitrogens is 1. The molecule has 0 aliphatic heterocycles. The second-order valence-electron chi connectivity index (χ2n) is 7.11. The second-order valence-corrected chi connectivity index (χ2v) is 8.19. The molecule has 0 aliphatic carbocycles. The SMILES string of the molecule is Cc1ccc(Cn2c(-c3ccc(-c4ccccc4)s3)cc(C)c(C#N)c2=O)cc1. The number of benzene rings is 2. The predicted octanol–water partition coefficient (Wildman–Crippen LogP) is 5.78. The highest BCUT2D eigenvalue weighted by Gasteiger charge is 2.16. The largest absolute Gasteiger partial charge is 0.302 e. The highest BCUT2D eigenvalue weighted by Crippen LogP contribution is 2.34. The van der Waals surface area contributed by atoms with E-state index in [9.17, 15) is 10.1 Å². The lowest BCUT2D eigenvalue weighted by Gasteiger charge is -2.14. The minimum Gasteiger partial charge on any atom is -0.302 e. The third-order valence-electron chi connectivity index (χ3n) is 4.99. The zero-order valence-electron chi connectivity index (χ0n) is 16.3. The molecule has 4 aromatic rings. The molecule has 2 heterocycles. The summed E-state index contributed by atoms with van der Waals surface area (Å²) in [6.45, 7) is 4.30. The van der Waals surface area contributed by atoms with E-state index < -0.39 is 0 Å². The fraction of sp³-hybridized carbons (Fsp3) is 0.120. The summed E-state index contributed by atoms with van der Waals surface area (Å²) in [5, 5.41) is 9.48. The number of hydrogen-bond acceptors (Lipinski definition) is 3. The quantitative estimate of drug-likeness (QED) is 0.439. The van der Waals surface area contributed by atoms with E-state index in [1.165, 1.54) is 5.56 Å². The molecule has 0 aliphatic rings. The molecular weight excluding hydrogens is 376 g/mol. The van der Waals surface area contributed by atoms with Gasteiger partial charge >= 0.3 is 0 Å². The molecule has 0 amide bonds. The third kappa shape index (κ3) is 3.78. The first-order valence-electron chi connectivity index (χ1n) is 9.42. The van der Waals surface area contributed by atoms with Crippen molar-refractivity contribution in [2.24, 2.45) is 0 Å². The van der Waals surface area contributed by atoms with E-state index in [0.29, 0.717) is 12.1 Å². The highest BCUT2D eigenvalue weighted by atomic mass is 32.1. The van der Waals surface area contributed by atoms with Crippen molar-refractivity contribution >= 4 is 11.3 Å². The van der Waals surface area contributed by atoms with Crippen LogP contribution in [-0.2, 0) is 6.54 Å². The molecule has 29 heavy (non-hydrogen) atoms. The lowest BCUT2D eigenvalue weighted by molar-refractivity contribution is 0.764. The molecule has 4 heteroatoms. The maximum absolute atomic E-state index is 13.1. The Kier molecular flexibility index (Phi) is 5.16. The average molecular weight is 397 g/mol. The minimum absolute atomic E-state index is 0.209. The number of nitrogens with zero attached hydrogens (tertiary/aromatic N) is 2. The molecule has 0 fully saturated rings. The molecule has 0 N–H and O–H groups in total. The predicted molar refractivity (Wildman–Crippen MR) is 119 cm³/mol. The third-order valence-corrected chi connectivity index (χ3v) is 6.14. The molecule has 0 saturated carbocycles. The Hall–Kier alpha value is -3.42. The van der Waals surface area contributed by atoms with Gasteiger partial charge in [0, 0.05) is 4.88 Å². The summed E-state index contributed by atoms with van der Waals surface area (Å²) in [4.78, 5) is 15.3. The molecule has 2 aromatic carbocycles. The Labute approximate surface area is 174 Å². The van der Waals surface area contributed by atoms with Crippen molar-refractivity contribution in [2.75, 3.05) is 0 Å². The van der Waals surface area contributed by atoms with Crippen LogP contribution in [0.15, 0.2) is 77.6 Å². The van der Waals surface area contributed by atoms with Crippen molar-refractivity contribution in [1.82, 2.24) is 4.57 Å². The van der Waals surface area contributed by atoms with Crippen LogP contribution >= 0.6 is 11.3 Å².